The van der Waals surface area contributed by atoms with Gasteiger partial charge in [0.05, 0.1) is 23.1 Å². The Kier molecular flexibility index (Phi) is 6.89. The zero-order chi connectivity index (χ0) is 14.3. The van der Waals surface area contributed by atoms with E-state index in [-0.39, 0.29) is 24.6 Å². The Bertz CT molecular complexity index is 458. The zero-order valence-corrected chi connectivity index (χ0v) is 12.3. The summed E-state index contributed by atoms with van der Waals surface area (Å²) in [4.78, 5) is 23.2. The van der Waals surface area contributed by atoms with Crippen LogP contribution >= 0.6 is 23.2 Å². The molecule has 0 saturated heterocycles. The number of ketones is 1. The standard InChI is InChI=1S/C14H16Cl2O3/c1-2-3-8-19-14(18)7-6-13(17)10-4-5-11(15)12(16)9-10/h4-5,9H,2-3,6-8H2,1H3. The van der Waals surface area contributed by atoms with Crippen LogP contribution in [-0.2, 0) is 9.53 Å². The van der Waals surface area contributed by atoms with Crippen LogP contribution in [0.3, 0.4) is 0 Å². The van der Waals surface area contributed by atoms with Crippen LogP contribution in [0.1, 0.15) is 43.0 Å². The maximum atomic E-state index is 11.8. The van der Waals surface area contributed by atoms with E-state index in [9.17, 15) is 9.59 Å². The number of Topliss-reactive ketones (excluding diaryl/α,β-unsaturated/α-hetero) is 1. The van der Waals surface area contributed by atoms with E-state index in [4.69, 9.17) is 27.9 Å². The molecule has 0 N–H and O–H groups in total. The lowest BCUT2D eigenvalue weighted by atomic mass is 10.1. The summed E-state index contributed by atoms with van der Waals surface area (Å²) >= 11 is 11.6. The lowest BCUT2D eigenvalue weighted by Crippen LogP contribution is -2.09. The molecule has 104 valence electrons. The van der Waals surface area contributed by atoms with Crippen molar-refractivity contribution >= 4 is 35.0 Å². The van der Waals surface area contributed by atoms with Crippen LogP contribution in [0, 0.1) is 0 Å². The number of benzene rings is 1. The molecule has 0 unspecified atom stereocenters. The highest BCUT2D eigenvalue weighted by molar-refractivity contribution is 6.42. The molecular weight excluding hydrogens is 287 g/mol. The normalized spacial score (nSPS) is 10.3. The largest absolute Gasteiger partial charge is 0.466 e. The first-order chi connectivity index (χ1) is 9.04. The molecule has 0 aromatic heterocycles. The summed E-state index contributed by atoms with van der Waals surface area (Å²) in [6.45, 7) is 2.43. The Hall–Kier alpha value is -1.06. The molecule has 1 aromatic carbocycles. The second-order valence-corrected chi connectivity index (χ2v) is 4.94. The molecule has 0 aliphatic carbocycles. The molecular formula is C14H16Cl2O3. The molecule has 0 saturated carbocycles. The molecule has 0 atom stereocenters. The topological polar surface area (TPSA) is 43.4 Å². The Morgan fingerprint density at radius 1 is 1.16 bits per heavy atom. The quantitative estimate of drug-likeness (QED) is 0.428. The first-order valence-electron chi connectivity index (χ1n) is 6.18. The maximum Gasteiger partial charge on any atom is 0.306 e. The van der Waals surface area contributed by atoms with Gasteiger partial charge in [-0.15, -0.1) is 0 Å². The summed E-state index contributed by atoms with van der Waals surface area (Å²) in [6, 6.07) is 4.67. The van der Waals surface area contributed by atoms with Crippen LogP contribution in [-0.4, -0.2) is 18.4 Å². The lowest BCUT2D eigenvalue weighted by Gasteiger charge is -2.04. The fourth-order valence-electron chi connectivity index (χ4n) is 1.43. The van der Waals surface area contributed by atoms with Crippen LogP contribution < -0.4 is 0 Å². The van der Waals surface area contributed by atoms with Crippen LogP contribution in [0.5, 0.6) is 0 Å². The van der Waals surface area contributed by atoms with Gasteiger partial charge in [0.2, 0.25) is 0 Å². The minimum atomic E-state index is -0.345. The zero-order valence-electron chi connectivity index (χ0n) is 10.7. The van der Waals surface area contributed by atoms with Crippen molar-refractivity contribution in [1.29, 1.82) is 0 Å². The molecule has 3 nitrogen and oxygen atoms in total. The highest BCUT2D eigenvalue weighted by Gasteiger charge is 2.11. The van der Waals surface area contributed by atoms with Gasteiger partial charge in [-0.05, 0) is 24.6 Å². The van der Waals surface area contributed by atoms with Gasteiger partial charge in [-0.25, -0.2) is 0 Å². The Morgan fingerprint density at radius 3 is 2.53 bits per heavy atom. The lowest BCUT2D eigenvalue weighted by molar-refractivity contribution is -0.143. The van der Waals surface area contributed by atoms with Gasteiger partial charge >= 0.3 is 5.97 Å². The number of carbonyl (C=O) groups is 2. The maximum absolute atomic E-state index is 11.8. The molecule has 0 radical (unpaired) electrons. The highest BCUT2D eigenvalue weighted by atomic mass is 35.5. The number of hydrogen-bond acceptors (Lipinski definition) is 3. The van der Waals surface area contributed by atoms with E-state index in [2.05, 4.69) is 0 Å². The molecule has 0 aliphatic heterocycles. The molecule has 0 heterocycles. The van der Waals surface area contributed by atoms with E-state index in [0.717, 1.165) is 12.8 Å². The third-order valence-electron chi connectivity index (χ3n) is 2.56. The molecule has 5 heteroatoms. The van der Waals surface area contributed by atoms with Crippen molar-refractivity contribution < 1.29 is 14.3 Å². The Labute approximate surface area is 122 Å². The van der Waals surface area contributed by atoms with Gasteiger partial charge in [-0.2, -0.15) is 0 Å². The van der Waals surface area contributed by atoms with Gasteiger partial charge < -0.3 is 4.74 Å². The summed E-state index contributed by atoms with van der Waals surface area (Å²) in [5, 5.41) is 0.732. The van der Waals surface area contributed by atoms with Crippen molar-refractivity contribution in [1.82, 2.24) is 0 Å². The number of esters is 1. The van der Waals surface area contributed by atoms with E-state index < -0.39 is 0 Å². The first kappa shape index (κ1) is 16.0. The van der Waals surface area contributed by atoms with Crippen molar-refractivity contribution in [2.75, 3.05) is 6.61 Å². The van der Waals surface area contributed by atoms with Crippen molar-refractivity contribution in [3.8, 4) is 0 Å². The average molecular weight is 303 g/mol. The molecule has 1 rings (SSSR count). The van der Waals surface area contributed by atoms with E-state index in [1.807, 2.05) is 6.92 Å². The molecule has 0 spiro atoms. The van der Waals surface area contributed by atoms with Crippen molar-refractivity contribution in [2.24, 2.45) is 0 Å². The minimum absolute atomic E-state index is 0.0861. The van der Waals surface area contributed by atoms with E-state index in [1.54, 1.807) is 12.1 Å². The Morgan fingerprint density at radius 2 is 1.89 bits per heavy atom. The molecule has 0 aliphatic rings. The summed E-state index contributed by atoms with van der Waals surface area (Å²) in [6.07, 6.45) is 2.01. The molecule has 1 aromatic rings. The van der Waals surface area contributed by atoms with Crippen molar-refractivity contribution in [3.05, 3.63) is 33.8 Å². The SMILES string of the molecule is CCCCOC(=O)CCC(=O)c1ccc(Cl)c(Cl)c1. The van der Waals surface area contributed by atoms with Crippen LogP contribution in [0.2, 0.25) is 10.0 Å². The third-order valence-corrected chi connectivity index (χ3v) is 3.30. The summed E-state index contributed by atoms with van der Waals surface area (Å²) in [5.74, 6) is -0.493. The number of ether oxygens (including phenoxy) is 1. The van der Waals surface area contributed by atoms with E-state index >= 15 is 0 Å². The predicted octanol–water partition coefficient (Wildman–Crippen LogP) is 4.30. The second kappa shape index (κ2) is 8.18. The summed E-state index contributed by atoms with van der Waals surface area (Å²) in [5.41, 5.74) is 0.454. The highest BCUT2D eigenvalue weighted by Crippen LogP contribution is 2.23. The van der Waals surface area contributed by atoms with Crippen molar-refractivity contribution in [2.45, 2.75) is 32.6 Å². The number of rotatable bonds is 7. The number of unbranched alkanes of at least 4 members (excludes halogenated alkanes) is 1. The molecule has 0 bridgehead atoms. The second-order valence-electron chi connectivity index (χ2n) is 4.13. The third kappa shape index (κ3) is 5.62. The van der Waals surface area contributed by atoms with E-state index in [1.165, 1.54) is 6.07 Å². The molecule has 0 amide bonds. The fraction of sp³-hybridized carbons (Fsp3) is 0.429. The monoisotopic (exact) mass is 302 g/mol. The average Bonchev–Trinajstić information content (AvgIpc) is 2.39. The van der Waals surface area contributed by atoms with Gasteiger partial charge in [-0.1, -0.05) is 36.5 Å². The van der Waals surface area contributed by atoms with Gasteiger partial charge in [0.15, 0.2) is 5.78 Å². The van der Waals surface area contributed by atoms with Crippen molar-refractivity contribution in [3.63, 3.8) is 0 Å². The smallest absolute Gasteiger partial charge is 0.306 e. The molecule has 19 heavy (non-hydrogen) atoms. The van der Waals surface area contributed by atoms with Gasteiger partial charge in [0, 0.05) is 12.0 Å². The predicted molar refractivity (Wildman–Crippen MR) is 75.9 cm³/mol. The first-order valence-corrected chi connectivity index (χ1v) is 6.94. The number of halogens is 2. The van der Waals surface area contributed by atoms with E-state index in [0.29, 0.717) is 22.2 Å². The van der Waals surface area contributed by atoms with Crippen LogP contribution in [0.4, 0.5) is 0 Å². The summed E-state index contributed by atoms with van der Waals surface area (Å²) < 4.78 is 4.97. The summed E-state index contributed by atoms with van der Waals surface area (Å²) in [7, 11) is 0. The van der Waals surface area contributed by atoms with Gasteiger partial charge in [0.1, 0.15) is 0 Å². The number of hydrogen-bond donors (Lipinski definition) is 0. The van der Waals surface area contributed by atoms with Crippen LogP contribution in [0.25, 0.3) is 0 Å². The Balaban J connectivity index is 2.42. The fourth-order valence-corrected chi connectivity index (χ4v) is 1.73. The van der Waals surface area contributed by atoms with Gasteiger partial charge in [0.25, 0.3) is 0 Å². The van der Waals surface area contributed by atoms with Gasteiger partial charge in [-0.3, -0.25) is 9.59 Å². The van der Waals surface area contributed by atoms with Crippen LogP contribution in [0.15, 0.2) is 18.2 Å². The number of carbonyl (C=O) groups excluding carboxylic acids is 2. The minimum Gasteiger partial charge on any atom is -0.466 e. The molecule has 0 fully saturated rings.